The van der Waals surface area contributed by atoms with Crippen LogP contribution in [0.25, 0.3) is 22.4 Å². The summed E-state index contributed by atoms with van der Waals surface area (Å²) in [5.74, 6) is -5.22. The smallest absolute Gasteiger partial charge is 0.258 e. The van der Waals surface area contributed by atoms with E-state index in [0.717, 1.165) is 23.8 Å². The molecule has 1 aromatic heterocycles. The summed E-state index contributed by atoms with van der Waals surface area (Å²) in [5.41, 5.74) is -0.923. The van der Waals surface area contributed by atoms with E-state index < -0.39 is 39.9 Å². The lowest BCUT2D eigenvalue weighted by Gasteiger charge is -2.22. The number of sulfonamides is 1. The maximum absolute atomic E-state index is 14.7. The first kappa shape index (κ1) is 23.6. The van der Waals surface area contributed by atoms with E-state index in [1.165, 1.54) is 24.3 Å². The monoisotopic (exact) mass is 471 g/mol. The maximum Gasteiger partial charge on any atom is 0.459 e. The molecule has 0 aliphatic rings. The van der Waals surface area contributed by atoms with Gasteiger partial charge < -0.3 is 0 Å². The third-order valence-electron chi connectivity index (χ3n) is 4.70. The van der Waals surface area contributed by atoms with Crippen molar-refractivity contribution in [2.45, 2.75) is 30.5 Å². The van der Waals surface area contributed by atoms with Crippen molar-refractivity contribution in [1.29, 1.82) is 0 Å². The van der Waals surface area contributed by atoms with Gasteiger partial charge in [-0.3, -0.25) is 4.68 Å². The Morgan fingerprint density at radius 3 is 2.00 bits per heavy atom. The summed E-state index contributed by atoms with van der Waals surface area (Å²) in [5, 5.41) is 9.10. The first-order chi connectivity index (χ1) is 14.8. The molecule has 32 heavy (non-hydrogen) atoms. The van der Waals surface area contributed by atoms with Crippen molar-refractivity contribution in [1.82, 2.24) is 9.78 Å². The fourth-order valence-corrected chi connectivity index (χ4v) is 3.68. The molecule has 3 rings (SSSR count). The molecule has 0 radical (unpaired) electrons. The molecule has 170 valence electrons. The zero-order valence-corrected chi connectivity index (χ0v) is 17.5. The molecule has 5 nitrogen and oxygen atoms in total. The molecule has 0 atom stereocenters. The van der Waals surface area contributed by atoms with Crippen LogP contribution in [0.1, 0.15) is 11.3 Å². The molecule has 0 amide bonds. The van der Waals surface area contributed by atoms with Gasteiger partial charge >= 0.3 is 12.1 Å². The summed E-state index contributed by atoms with van der Waals surface area (Å²) in [4.78, 5) is -0.246. The molecule has 0 bridgehead atoms. The summed E-state index contributed by atoms with van der Waals surface area (Å²) in [6, 6.07) is 10.7. The molecule has 3 aromatic rings. The lowest BCUT2D eigenvalue weighted by atomic mass is 9.95. The molecule has 0 saturated heterocycles. The summed E-state index contributed by atoms with van der Waals surface area (Å²) >= 11 is 0. The standard InChI is InChI=1S/C21H18F5N3O2S/c1-3-12-29-19(20(22,23)21(24,25)26)17(14-6-4-13(2)5-7-14)18(28-29)15-8-10-16(11-9-15)32(27,30)31/h3-11H,1,12H2,2H3,(H2,27,30,31). The predicted octanol–water partition coefficient (Wildman–Crippen LogP) is 5.01. The van der Waals surface area contributed by atoms with Gasteiger partial charge in [0.1, 0.15) is 11.4 Å². The number of hydrogen-bond acceptors (Lipinski definition) is 3. The van der Waals surface area contributed by atoms with Crippen LogP contribution in [0.4, 0.5) is 22.0 Å². The van der Waals surface area contributed by atoms with Gasteiger partial charge in [-0.15, -0.1) is 6.58 Å². The van der Waals surface area contributed by atoms with Gasteiger partial charge in [-0.1, -0.05) is 48.0 Å². The largest absolute Gasteiger partial charge is 0.459 e. The Kier molecular flexibility index (Phi) is 6.00. The zero-order valence-electron chi connectivity index (χ0n) is 16.7. The number of allylic oxidation sites excluding steroid dienone is 1. The Labute approximate surface area is 181 Å². The van der Waals surface area contributed by atoms with Crippen molar-refractivity contribution in [3.05, 3.63) is 72.4 Å². The Hall–Kier alpha value is -3.05. The molecule has 0 spiro atoms. The van der Waals surface area contributed by atoms with Crippen LogP contribution in [0.15, 0.2) is 66.1 Å². The average Bonchev–Trinajstić information content (AvgIpc) is 3.07. The molecule has 0 fully saturated rings. The fraction of sp³-hybridized carbons (Fsp3) is 0.190. The Morgan fingerprint density at radius 1 is 1.00 bits per heavy atom. The first-order valence-corrected chi connectivity index (χ1v) is 10.7. The number of aromatic nitrogens is 2. The number of rotatable bonds is 6. The normalized spacial score (nSPS) is 12.7. The van der Waals surface area contributed by atoms with Crippen molar-refractivity contribution < 1.29 is 30.4 Å². The van der Waals surface area contributed by atoms with E-state index in [1.54, 1.807) is 19.1 Å². The summed E-state index contributed by atoms with van der Waals surface area (Å²) in [7, 11) is -4.03. The molecular weight excluding hydrogens is 453 g/mol. The summed E-state index contributed by atoms with van der Waals surface area (Å²) < 4.78 is 93.2. The van der Waals surface area contributed by atoms with Crippen molar-refractivity contribution in [2.24, 2.45) is 5.14 Å². The number of alkyl halides is 5. The predicted molar refractivity (Wildman–Crippen MR) is 109 cm³/mol. The molecule has 2 aromatic carbocycles. The maximum atomic E-state index is 14.7. The van der Waals surface area contributed by atoms with Crippen LogP contribution in [0, 0.1) is 6.92 Å². The van der Waals surface area contributed by atoms with Gasteiger partial charge in [0.25, 0.3) is 0 Å². The molecule has 2 N–H and O–H groups in total. The second-order valence-electron chi connectivity index (χ2n) is 7.05. The highest BCUT2D eigenvalue weighted by Crippen LogP contribution is 2.49. The SMILES string of the molecule is C=CCn1nc(-c2ccc(S(N)(=O)=O)cc2)c(-c2ccc(C)cc2)c1C(F)(F)C(F)(F)F. The van der Waals surface area contributed by atoms with Gasteiger partial charge in [0.15, 0.2) is 0 Å². The van der Waals surface area contributed by atoms with Crippen molar-refractivity contribution in [2.75, 3.05) is 0 Å². The van der Waals surface area contributed by atoms with Crippen LogP contribution in [0.2, 0.25) is 0 Å². The van der Waals surface area contributed by atoms with Gasteiger partial charge in [-0.25, -0.2) is 13.6 Å². The second-order valence-corrected chi connectivity index (χ2v) is 8.61. The highest BCUT2D eigenvalue weighted by molar-refractivity contribution is 7.89. The van der Waals surface area contributed by atoms with Crippen LogP contribution in [-0.2, 0) is 22.5 Å². The molecule has 0 aliphatic carbocycles. The van der Waals surface area contributed by atoms with Crippen LogP contribution in [0.5, 0.6) is 0 Å². The number of benzene rings is 2. The quantitative estimate of drug-likeness (QED) is 0.405. The van der Waals surface area contributed by atoms with Crippen LogP contribution < -0.4 is 5.14 Å². The molecule has 0 saturated carbocycles. The molecular formula is C21H18F5N3O2S. The topological polar surface area (TPSA) is 78.0 Å². The lowest BCUT2D eigenvalue weighted by molar-refractivity contribution is -0.291. The zero-order chi connectivity index (χ0) is 23.9. The van der Waals surface area contributed by atoms with Crippen LogP contribution in [0.3, 0.4) is 0 Å². The second kappa shape index (κ2) is 8.14. The Balaban J connectivity index is 2.38. The van der Waals surface area contributed by atoms with Gasteiger partial charge in [0, 0.05) is 11.1 Å². The van der Waals surface area contributed by atoms with Crippen molar-refractivity contribution >= 4 is 10.0 Å². The number of nitrogens with zero attached hydrogens (tertiary/aromatic N) is 2. The fourth-order valence-electron chi connectivity index (χ4n) is 3.17. The highest BCUT2D eigenvalue weighted by atomic mass is 32.2. The van der Waals surface area contributed by atoms with Crippen LogP contribution in [-0.4, -0.2) is 24.4 Å². The van der Waals surface area contributed by atoms with E-state index in [4.69, 9.17) is 5.14 Å². The number of hydrogen-bond donors (Lipinski definition) is 1. The lowest BCUT2D eigenvalue weighted by Crippen LogP contribution is -2.36. The molecule has 1 heterocycles. The minimum atomic E-state index is -5.87. The van der Waals surface area contributed by atoms with Crippen molar-refractivity contribution in [3.63, 3.8) is 0 Å². The van der Waals surface area contributed by atoms with Gasteiger partial charge in [0.05, 0.1) is 11.4 Å². The van der Waals surface area contributed by atoms with E-state index in [9.17, 15) is 30.4 Å². The summed E-state index contributed by atoms with van der Waals surface area (Å²) in [6.45, 7) is 4.74. The Morgan fingerprint density at radius 2 is 1.53 bits per heavy atom. The third kappa shape index (κ3) is 4.30. The molecule has 0 unspecified atom stereocenters. The van der Waals surface area contributed by atoms with E-state index in [0.29, 0.717) is 4.68 Å². The van der Waals surface area contributed by atoms with Gasteiger partial charge in [0.2, 0.25) is 10.0 Å². The third-order valence-corrected chi connectivity index (χ3v) is 5.63. The summed E-state index contributed by atoms with van der Waals surface area (Å²) in [6.07, 6.45) is -4.73. The number of halogens is 5. The van der Waals surface area contributed by atoms with Gasteiger partial charge in [-0.2, -0.15) is 27.1 Å². The average molecular weight is 471 g/mol. The highest BCUT2D eigenvalue weighted by Gasteiger charge is 2.62. The van der Waals surface area contributed by atoms with Gasteiger partial charge in [-0.05, 0) is 24.6 Å². The van der Waals surface area contributed by atoms with E-state index in [1.807, 2.05) is 0 Å². The van der Waals surface area contributed by atoms with E-state index in [-0.39, 0.29) is 21.7 Å². The number of primary sulfonamides is 1. The minimum absolute atomic E-state index is 0.0929. The van der Waals surface area contributed by atoms with Crippen molar-refractivity contribution in [3.8, 4) is 22.4 Å². The Bertz CT molecular complexity index is 1250. The molecule has 11 heteroatoms. The van der Waals surface area contributed by atoms with E-state index in [2.05, 4.69) is 11.7 Å². The van der Waals surface area contributed by atoms with E-state index >= 15 is 0 Å². The minimum Gasteiger partial charge on any atom is -0.258 e. The number of nitrogens with two attached hydrogens (primary N) is 1. The first-order valence-electron chi connectivity index (χ1n) is 9.14. The molecule has 0 aliphatic heterocycles. The van der Waals surface area contributed by atoms with Crippen LogP contribution >= 0.6 is 0 Å². The number of aryl methyl sites for hydroxylation is 1.